The molecule has 28 heavy (non-hydrogen) atoms. The molecule has 0 amide bonds. The monoisotopic (exact) mass is 396 g/mol. The average Bonchev–Trinajstić information content (AvgIpc) is 3.13. The molecule has 0 saturated heterocycles. The molecule has 0 bridgehead atoms. The third-order valence-electron chi connectivity index (χ3n) is 5.94. The van der Waals surface area contributed by atoms with Gasteiger partial charge >= 0.3 is 5.97 Å². The molecule has 2 aromatic rings. The van der Waals surface area contributed by atoms with Crippen LogP contribution in [0.1, 0.15) is 46.5 Å². The number of ether oxygens (including phenoxy) is 1. The number of esters is 1. The van der Waals surface area contributed by atoms with Crippen molar-refractivity contribution in [2.45, 2.75) is 57.6 Å². The fourth-order valence-corrected chi connectivity index (χ4v) is 9.31. The highest BCUT2D eigenvalue weighted by Gasteiger charge is 2.52. The summed E-state index contributed by atoms with van der Waals surface area (Å²) in [5.74, 6) is 0.242. The zero-order valence-corrected chi connectivity index (χ0v) is 18.5. The lowest BCUT2D eigenvalue weighted by atomic mass is 10.0. The van der Waals surface area contributed by atoms with Gasteiger partial charge in [-0.3, -0.25) is 4.79 Å². The minimum atomic E-state index is -2.51. The molecular weight excluding hydrogens is 364 g/mol. The van der Waals surface area contributed by atoms with E-state index in [1.807, 2.05) is 0 Å². The van der Waals surface area contributed by atoms with Gasteiger partial charge in [-0.2, -0.15) is 0 Å². The van der Waals surface area contributed by atoms with E-state index in [1.54, 1.807) is 0 Å². The summed E-state index contributed by atoms with van der Waals surface area (Å²) < 4.78 is 12.0. The molecule has 0 aliphatic heterocycles. The molecule has 1 aliphatic carbocycles. The first-order chi connectivity index (χ1) is 13.4. The van der Waals surface area contributed by atoms with Gasteiger partial charge in [0, 0.05) is 12.5 Å². The van der Waals surface area contributed by atoms with Crippen LogP contribution in [0.3, 0.4) is 0 Å². The highest BCUT2D eigenvalue weighted by molar-refractivity contribution is 6.99. The van der Waals surface area contributed by atoms with E-state index < -0.39 is 8.32 Å². The Kier molecular flexibility index (Phi) is 6.41. The van der Waals surface area contributed by atoms with E-state index in [1.165, 1.54) is 17.5 Å². The van der Waals surface area contributed by atoms with Crippen LogP contribution in [0.4, 0.5) is 0 Å². The molecule has 0 spiro atoms. The van der Waals surface area contributed by atoms with Crippen LogP contribution in [0, 0.1) is 5.92 Å². The summed E-state index contributed by atoms with van der Waals surface area (Å²) in [6.07, 6.45) is 3.64. The quantitative estimate of drug-likeness (QED) is 0.540. The number of carbonyl (C=O) groups is 1. The van der Waals surface area contributed by atoms with Crippen molar-refractivity contribution in [1.29, 1.82) is 0 Å². The molecule has 0 heterocycles. The van der Waals surface area contributed by atoms with Gasteiger partial charge in [0.1, 0.15) is 0 Å². The van der Waals surface area contributed by atoms with Crippen molar-refractivity contribution in [3.8, 4) is 0 Å². The summed E-state index contributed by atoms with van der Waals surface area (Å²) in [6, 6.07) is 21.5. The average molecular weight is 397 g/mol. The van der Waals surface area contributed by atoms with Crippen molar-refractivity contribution >= 4 is 24.7 Å². The second-order valence-corrected chi connectivity index (χ2v) is 13.1. The summed E-state index contributed by atoms with van der Waals surface area (Å²) in [7, 11) is -1.04. The summed E-state index contributed by atoms with van der Waals surface area (Å²) in [5.41, 5.74) is 0. The lowest BCUT2D eigenvalue weighted by Gasteiger charge is -2.44. The van der Waals surface area contributed by atoms with E-state index in [9.17, 15) is 4.79 Å². The number of methoxy groups -OCH3 is 1. The number of carbonyl (C=O) groups excluding carboxylic acids is 1. The van der Waals surface area contributed by atoms with E-state index in [4.69, 9.17) is 9.16 Å². The lowest BCUT2D eigenvalue weighted by molar-refractivity contribution is -0.141. The summed E-state index contributed by atoms with van der Waals surface area (Å²) in [4.78, 5) is 11.7. The molecule has 3 rings (SSSR count). The number of rotatable bonds is 6. The first kappa shape index (κ1) is 20.8. The van der Waals surface area contributed by atoms with Crippen LogP contribution in [-0.2, 0) is 14.0 Å². The van der Waals surface area contributed by atoms with Gasteiger partial charge in [0.15, 0.2) is 0 Å². The van der Waals surface area contributed by atoms with Gasteiger partial charge in [0.2, 0.25) is 0 Å². The van der Waals surface area contributed by atoms with Gasteiger partial charge in [-0.25, -0.2) is 0 Å². The molecule has 1 saturated carbocycles. The lowest BCUT2D eigenvalue weighted by Crippen LogP contribution is -2.67. The fourth-order valence-electron chi connectivity index (χ4n) is 4.58. The highest BCUT2D eigenvalue weighted by atomic mass is 28.4. The van der Waals surface area contributed by atoms with Crippen molar-refractivity contribution in [2.75, 3.05) is 7.11 Å². The summed E-state index contributed by atoms with van der Waals surface area (Å²) >= 11 is 0. The smallest absolute Gasteiger partial charge is 0.305 e. The zero-order chi connectivity index (χ0) is 20.2. The predicted molar refractivity (Wildman–Crippen MR) is 116 cm³/mol. The SMILES string of the molecule is COC(=O)C[C@H]1CC[C@@H](O[Si](c2ccccc2)(c2ccccc2)C(C)(C)C)C1. The van der Waals surface area contributed by atoms with E-state index >= 15 is 0 Å². The summed E-state index contributed by atoms with van der Waals surface area (Å²) in [5, 5.41) is 2.60. The van der Waals surface area contributed by atoms with Crippen LogP contribution in [0.25, 0.3) is 0 Å². The molecule has 0 unspecified atom stereocenters. The molecule has 0 aromatic heterocycles. The Morgan fingerprint density at radius 3 is 1.96 bits per heavy atom. The molecular formula is C24H32O3Si. The van der Waals surface area contributed by atoms with Crippen LogP contribution in [0.5, 0.6) is 0 Å². The molecule has 0 radical (unpaired) electrons. The maximum atomic E-state index is 11.7. The van der Waals surface area contributed by atoms with Gasteiger partial charge in [0.25, 0.3) is 8.32 Å². The van der Waals surface area contributed by atoms with Crippen LogP contribution in [0.15, 0.2) is 60.7 Å². The zero-order valence-electron chi connectivity index (χ0n) is 17.5. The molecule has 1 fully saturated rings. The Hall–Kier alpha value is -1.91. The van der Waals surface area contributed by atoms with E-state index in [2.05, 4.69) is 81.4 Å². The molecule has 0 N–H and O–H groups in total. The molecule has 4 heteroatoms. The normalized spacial score (nSPS) is 20.1. The third-order valence-corrected chi connectivity index (χ3v) is 11.0. The minimum absolute atomic E-state index is 0.0177. The van der Waals surface area contributed by atoms with Crippen LogP contribution in [0.2, 0.25) is 5.04 Å². The van der Waals surface area contributed by atoms with Gasteiger partial charge in [-0.05, 0) is 40.6 Å². The van der Waals surface area contributed by atoms with Crippen LogP contribution in [-0.4, -0.2) is 27.5 Å². The van der Waals surface area contributed by atoms with E-state index in [0.29, 0.717) is 12.3 Å². The second-order valence-electron chi connectivity index (χ2n) is 8.86. The molecule has 3 nitrogen and oxygen atoms in total. The Balaban J connectivity index is 1.97. The third kappa shape index (κ3) is 4.23. The van der Waals surface area contributed by atoms with E-state index in [-0.39, 0.29) is 17.1 Å². The van der Waals surface area contributed by atoms with E-state index in [0.717, 1.165) is 19.3 Å². The van der Waals surface area contributed by atoms with Crippen molar-refractivity contribution in [2.24, 2.45) is 5.92 Å². The topological polar surface area (TPSA) is 35.5 Å². The van der Waals surface area contributed by atoms with Gasteiger partial charge in [0.05, 0.1) is 7.11 Å². The van der Waals surface area contributed by atoms with Crippen LogP contribution < -0.4 is 10.4 Å². The number of hydrogen-bond donors (Lipinski definition) is 0. The van der Waals surface area contributed by atoms with Crippen molar-refractivity contribution < 1.29 is 14.0 Å². The van der Waals surface area contributed by atoms with Gasteiger partial charge < -0.3 is 9.16 Å². The molecule has 1 aliphatic rings. The first-order valence-corrected chi connectivity index (χ1v) is 12.1. The summed E-state index contributed by atoms with van der Waals surface area (Å²) in [6.45, 7) is 6.92. The maximum Gasteiger partial charge on any atom is 0.305 e. The Labute approximate surface area is 170 Å². The van der Waals surface area contributed by atoms with Crippen molar-refractivity contribution in [3.05, 3.63) is 60.7 Å². The van der Waals surface area contributed by atoms with Crippen molar-refractivity contribution in [1.82, 2.24) is 0 Å². The first-order valence-electron chi connectivity index (χ1n) is 10.2. The maximum absolute atomic E-state index is 11.7. The van der Waals surface area contributed by atoms with Gasteiger partial charge in [-0.1, -0.05) is 81.4 Å². The Morgan fingerprint density at radius 1 is 0.964 bits per heavy atom. The highest BCUT2D eigenvalue weighted by Crippen LogP contribution is 2.41. The minimum Gasteiger partial charge on any atom is -0.469 e. The standard InChI is InChI=1S/C24H32O3Si/c1-24(2,3)28(21-11-7-5-8-12-21,22-13-9-6-10-14-22)27-20-16-15-19(17-20)18-23(25)26-4/h5-14,19-20H,15-18H2,1-4H3/t19-,20+/m0/s1. The largest absolute Gasteiger partial charge is 0.469 e. The number of hydrogen-bond acceptors (Lipinski definition) is 3. The fraction of sp³-hybridized carbons (Fsp3) is 0.458. The number of benzene rings is 2. The Morgan fingerprint density at radius 2 is 1.50 bits per heavy atom. The molecule has 150 valence electrons. The second kappa shape index (κ2) is 8.62. The predicted octanol–water partition coefficient (Wildman–Crippen LogP) is 4.29. The molecule has 2 atom stereocenters. The Bertz CT molecular complexity index is 728. The molecule has 2 aromatic carbocycles. The van der Waals surface area contributed by atoms with Crippen molar-refractivity contribution in [3.63, 3.8) is 0 Å². The van der Waals surface area contributed by atoms with Gasteiger partial charge in [-0.15, -0.1) is 0 Å². The van der Waals surface area contributed by atoms with Crippen LogP contribution >= 0.6 is 0 Å².